The Hall–Kier alpha value is -3.39. The molecule has 0 aromatic heterocycles. The molecule has 2 aromatic rings. The van der Waals surface area contributed by atoms with Crippen molar-refractivity contribution in [2.75, 3.05) is 19.8 Å². The quantitative estimate of drug-likeness (QED) is 0.479. The highest BCUT2D eigenvalue weighted by Gasteiger charge is 2.34. The van der Waals surface area contributed by atoms with Gasteiger partial charge < -0.3 is 25.2 Å². The summed E-state index contributed by atoms with van der Waals surface area (Å²) in [5.74, 6) is -1.43. The Balaban J connectivity index is 1.42. The molecule has 1 fully saturated rings. The standard InChI is InChI=1S/C27H32N2O6/c30-16-6-8-18-7-5-15-29(18)26(33)24(13-14-25(31)32)28-27(34)35-17-23-21-11-3-1-9-19(21)20-10-2-4-12-22(20)23/h1-4,9-12,18,23-24,30H,5-8,13-17H2,(H,28,34)(H,31,32). The molecule has 1 aliphatic carbocycles. The van der Waals surface area contributed by atoms with E-state index < -0.39 is 18.1 Å². The summed E-state index contributed by atoms with van der Waals surface area (Å²) in [6, 6.07) is 15.1. The van der Waals surface area contributed by atoms with E-state index in [0.29, 0.717) is 19.4 Å². The maximum Gasteiger partial charge on any atom is 0.407 e. The average Bonchev–Trinajstić information content (AvgIpc) is 3.46. The molecule has 8 nitrogen and oxygen atoms in total. The Morgan fingerprint density at radius 3 is 2.34 bits per heavy atom. The van der Waals surface area contributed by atoms with Gasteiger partial charge in [0, 0.05) is 31.5 Å². The highest BCUT2D eigenvalue weighted by Crippen LogP contribution is 2.44. The molecule has 1 heterocycles. The Morgan fingerprint density at radius 1 is 1.06 bits per heavy atom. The number of nitrogens with zero attached hydrogens (tertiary/aromatic N) is 1. The third-order valence-corrected chi connectivity index (χ3v) is 6.94. The average molecular weight is 481 g/mol. The lowest BCUT2D eigenvalue weighted by molar-refractivity contribution is -0.138. The largest absolute Gasteiger partial charge is 0.481 e. The molecule has 1 aliphatic heterocycles. The first-order valence-electron chi connectivity index (χ1n) is 12.2. The number of alkyl carbamates (subject to hydrolysis) is 1. The van der Waals surface area contributed by atoms with Crippen molar-refractivity contribution in [2.24, 2.45) is 0 Å². The molecular formula is C27H32N2O6. The minimum atomic E-state index is -1.03. The number of carbonyl (C=O) groups excluding carboxylic acids is 2. The molecule has 1 saturated heterocycles. The summed E-state index contributed by atoms with van der Waals surface area (Å²) >= 11 is 0. The van der Waals surface area contributed by atoms with E-state index in [1.54, 1.807) is 4.90 Å². The topological polar surface area (TPSA) is 116 Å². The van der Waals surface area contributed by atoms with Gasteiger partial charge >= 0.3 is 12.1 Å². The summed E-state index contributed by atoms with van der Waals surface area (Å²) in [6.07, 6.45) is 1.96. The van der Waals surface area contributed by atoms with Gasteiger partial charge in [0.25, 0.3) is 0 Å². The number of aliphatic hydroxyl groups is 1. The van der Waals surface area contributed by atoms with Crippen LogP contribution in [0.1, 0.15) is 55.6 Å². The van der Waals surface area contributed by atoms with E-state index in [9.17, 15) is 14.4 Å². The van der Waals surface area contributed by atoms with Gasteiger partial charge in [-0.05, 0) is 54.4 Å². The van der Waals surface area contributed by atoms with Crippen molar-refractivity contribution in [1.29, 1.82) is 0 Å². The monoisotopic (exact) mass is 480 g/mol. The van der Waals surface area contributed by atoms with Gasteiger partial charge in [0.05, 0.1) is 0 Å². The van der Waals surface area contributed by atoms with Crippen LogP contribution in [0.4, 0.5) is 4.79 Å². The van der Waals surface area contributed by atoms with Gasteiger partial charge in [-0.25, -0.2) is 4.79 Å². The number of aliphatic carboxylic acids is 1. The molecule has 2 unspecified atom stereocenters. The molecule has 2 aromatic carbocycles. The number of aliphatic hydroxyl groups excluding tert-OH is 1. The third-order valence-electron chi connectivity index (χ3n) is 6.94. The van der Waals surface area contributed by atoms with Crippen LogP contribution in [0.2, 0.25) is 0 Å². The van der Waals surface area contributed by atoms with Gasteiger partial charge in [0.1, 0.15) is 12.6 Å². The van der Waals surface area contributed by atoms with Crippen molar-refractivity contribution in [2.45, 2.75) is 56.5 Å². The third kappa shape index (κ3) is 5.65. The van der Waals surface area contributed by atoms with Crippen LogP contribution >= 0.6 is 0 Å². The van der Waals surface area contributed by atoms with E-state index in [1.807, 2.05) is 36.4 Å². The highest BCUT2D eigenvalue weighted by atomic mass is 16.5. The summed E-state index contributed by atoms with van der Waals surface area (Å²) in [7, 11) is 0. The zero-order chi connectivity index (χ0) is 24.8. The van der Waals surface area contributed by atoms with Crippen LogP contribution in [0.25, 0.3) is 11.1 Å². The summed E-state index contributed by atoms with van der Waals surface area (Å²) in [6.45, 7) is 0.729. The normalized spacial score (nSPS) is 17.5. The SMILES string of the molecule is O=C(O)CCC(NC(=O)OCC1c2ccccc2-c2ccccc21)C(=O)N1CCCC1CCCO. The summed E-state index contributed by atoms with van der Waals surface area (Å²) in [4.78, 5) is 38.9. The maximum absolute atomic E-state index is 13.3. The van der Waals surface area contributed by atoms with E-state index in [1.165, 1.54) is 0 Å². The second kappa shape index (κ2) is 11.4. The van der Waals surface area contributed by atoms with Gasteiger partial charge in [-0.2, -0.15) is 0 Å². The molecule has 35 heavy (non-hydrogen) atoms. The summed E-state index contributed by atoms with van der Waals surface area (Å²) in [5.41, 5.74) is 4.41. The van der Waals surface area contributed by atoms with Gasteiger partial charge in [-0.15, -0.1) is 0 Å². The smallest absolute Gasteiger partial charge is 0.407 e. The van der Waals surface area contributed by atoms with Gasteiger partial charge in [-0.3, -0.25) is 9.59 Å². The van der Waals surface area contributed by atoms with Gasteiger partial charge in [0.15, 0.2) is 0 Å². The first kappa shape index (κ1) is 24.7. The fraction of sp³-hybridized carbons (Fsp3) is 0.444. The zero-order valence-corrected chi connectivity index (χ0v) is 19.7. The van der Waals surface area contributed by atoms with Gasteiger partial charge in [-0.1, -0.05) is 48.5 Å². The summed E-state index contributed by atoms with van der Waals surface area (Å²) < 4.78 is 5.58. The minimum Gasteiger partial charge on any atom is -0.481 e. The molecule has 0 radical (unpaired) electrons. The Kier molecular flexibility index (Phi) is 8.02. The first-order valence-corrected chi connectivity index (χ1v) is 12.2. The van der Waals surface area contributed by atoms with Crippen molar-refractivity contribution in [3.05, 3.63) is 59.7 Å². The first-order chi connectivity index (χ1) is 17.0. The van der Waals surface area contributed by atoms with Crippen LogP contribution in [0, 0.1) is 0 Å². The number of carboxylic acid groups (broad SMARTS) is 1. The van der Waals surface area contributed by atoms with Gasteiger partial charge in [0.2, 0.25) is 5.91 Å². The van der Waals surface area contributed by atoms with E-state index in [2.05, 4.69) is 17.4 Å². The van der Waals surface area contributed by atoms with Crippen molar-refractivity contribution < 1.29 is 29.3 Å². The fourth-order valence-electron chi connectivity index (χ4n) is 5.26. The van der Waals surface area contributed by atoms with Crippen molar-refractivity contribution >= 4 is 18.0 Å². The number of likely N-dealkylation sites (tertiary alicyclic amines) is 1. The number of hydrogen-bond donors (Lipinski definition) is 3. The number of benzene rings is 2. The molecule has 2 aliphatic rings. The lowest BCUT2D eigenvalue weighted by Crippen LogP contribution is -2.50. The second-order valence-electron chi connectivity index (χ2n) is 9.15. The van der Waals surface area contributed by atoms with Crippen LogP contribution in [-0.4, -0.2) is 64.9 Å². The van der Waals surface area contributed by atoms with Crippen LogP contribution in [0.15, 0.2) is 48.5 Å². The van der Waals surface area contributed by atoms with Crippen LogP contribution in [-0.2, 0) is 14.3 Å². The van der Waals surface area contributed by atoms with E-state index in [0.717, 1.165) is 35.1 Å². The maximum atomic E-state index is 13.3. The molecule has 4 rings (SSSR count). The molecule has 3 N–H and O–H groups in total. The number of amides is 2. The van der Waals surface area contributed by atoms with E-state index in [-0.39, 0.29) is 43.9 Å². The second-order valence-corrected chi connectivity index (χ2v) is 9.15. The Bertz CT molecular complexity index is 1030. The minimum absolute atomic E-state index is 0.00806. The molecular weight excluding hydrogens is 448 g/mol. The lowest BCUT2D eigenvalue weighted by atomic mass is 9.98. The zero-order valence-electron chi connectivity index (χ0n) is 19.7. The van der Waals surface area contributed by atoms with Crippen molar-refractivity contribution in [1.82, 2.24) is 10.2 Å². The lowest BCUT2D eigenvalue weighted by Gasteiger charge is -2.29. The fourth-order valence-corrected chi connectivity index (χ4v) is 5.26. The number of carbonyl (C=O) groups is 3. The Labute approximate surface area is 204 Å². The number of nitrogens with one attached hydrogen (secondary N) is 1. The molecule has 0 bridgehead atoms. The molecule has 2 atom stereocenters. The number of carboxylic acids is 1. The Morgan fingerprint density at radius 2 is 1.71 bits per heavy atom. The molecule has 0 saturated carbocycles. The predicted octanol–water partition coefficient (Wildman–Crippen LogP) is 3.52. The number of fused-ring (bicyclic) bond motifs is 3. The number of hydrogen-bond acceptors (Lipinski definition) is 5. The summed E-state index contributed by atoms with van der Waals surface area (Å²) in [5, 5.41) is 20.9. The molecule has 2 amide bonds. The van der Waals surface area contributed by atoms with Crippen molar-refractivity contribution in [3.63, 3.8) is 0 Å². The highest BCUT2D eigenvalue weighted by molar-refractivity contribution is 5.87. The number of rotatable bonds is 10. The van der Waals surface area contributed by atoms with Crippen molar-refractivity contribution in [3.8, 4) is 11.1 Å². The van der Waals surface area contributed by atoms with E-state index >= 15 is 0 Å². The number of ether oxygens (including phenoxy) is 1. The van der Waals surface area contributed by atoms with Crippen LogP contribution in [0.3, 0.4) is 0 Å². The molecule has 186 valence electrons. The van der Waals surface area contributed by atoms with E-state index in [4.69, 9.17) is 14.9 Å². The van der Waals surface area contributed by atoms with Crippen LogP contribution in [0.5, 0.6) is 0 Å². The predicted molar refractivity (Wildman–Crippen MR) is 130 cm³/mol. The van der Waals surface area contributed by atoms with Crippen LogP contribution < -0.4 is 5.32 Å². The molecule has 0 spiro atoms. The molecule has 8 heteroatoms.